The zero-order chi connectivity index (χ0) is 35.8. The number of urea groups is 1. The fourth-order valence-electron chi connectivity index (χ4n) is 12.2. The number of carboxylic acids is 2. The fraction of sp³-hybridized carbons (Fsp3) is 0.683. The first kappa shape index (κ1) is 37.1. The Labute approximate surface area is 294 Å². The van der Waals surface area contributed by atoms with Gasteiger partial charge in [0.05, 0.1) is 12.0 Å². The molecular weight excluding hydrogens is 614 g/mol. The molecule has 8 nitrogen and oxygen atoms in total. The number of nitrogens with two attached hydrogens (primary N) is 1. The number of hydrogen-bond acceptors (Lipinski definition) is 4. The Morgan fingerprint density at radius 2 is 1.63 bits per heavy atom. The topological polar surface area (TPSA) is 133 Å². The number of amides is 2. The summed E-state index contributed by atoms with van der Waals surface area (Å²) in [6.07, 6.45) is 15.5. The molecule has 1 aromatic rings. The molecule has 4 fully saturated rings. The minimum Gasteiger partial charge on any atom is -0.481 e. The highest BCUT2D eigenvalue weighted by Gasteiger charge is 2.68. The number of carbonyl (C=O) groups is 3. The van der Waals surface area contributed by atoms with Crippen molar-refractivity contribution in [3.63, 3.8) is 0 Å². The van der Waals surface area contributed by atoms with Gasteiger partial charge in [0.1, 0.15) is 0 Å². The number of benzene rings is 1. The van der Waals surface area contributed by atoms with E-state index in [1.807, 2.05) is 19.1 Å². The van der Waals surface area contributed by atoms with Gasteiger partial charge in [-0.2, -0.15) is 0 Å². The van der Waals surface area contributed by atoms with Crippen LogP contribution in [0.4, 0.5) is 4.79 Å². The van der Waals surface area contributed by atoms with Crippen LogP contribution in [0, 0.1) is 45.8 Å². The van der Waals surface area contributed by atoms with Crippen LogP contribution in [0.15, 0.2) is 43.0 Å². The number of aliphatic carboxylic acids is 1. The SMILES string of the molecule is C=CC.CC1C(c2ccc(C(=O)O)cc2)=CCC2(C)C1CCC1(C)C2CCC2C3CCCC3(NC(=O)N(CCN)CCC(=O)O)CC[C@]21C. The van der Waals surface area contributed by atoms with Gasteiger partial charge in [-0.25, -0.2) is 9.59 Å². The molecule has 5 aliphatic carbocycles. The molecule has 1 aromatic carbocycles. The van der Waals surface area contributed by atoms with Crippen molar-refractivity contribution in [2.45, 2.75) is 111 Å². The number of rotatable bonds is 8. The number of carboxylic acid groups (broad SMARTS) is 2. The fourth-order valence-corrected chi connectivity index (χ4v) is 12.2. The molecule has 0 heterocycles. The van der Waals surface area contributed by atoms with Crippen molar-refractivity contribution >= 4 is 23.5 Å². The molecule has 6 rings (SSSR count). The lowest BCUT2D eigenvalue weighted by Crippen LogP contribution is -2.68. The summed E-state index contributed by atoms with van der Waals surface area (Å²) < 4.78 is 0. The van der Waals surface area contributed by atoms with E-state index in [-0.39, 0.29) is 40.8 Å². The minimum absolute atomic E-state index is 0.0731. The van der Waals surface area contributed by atoms with Gasteiger partial charge in [0.2, 0.25) is 0 Å². The zero-order valence-corrected chi connectivity index (χ0v) is 30.6. The lowest BCUT2D eigenvalue weighted by molar-refractivity contribution is -0.210. The number of fused-ring (bicyclic) bond motifs is 7. The molecule has 2 amide bonds. The summed E-state index contributed by atoms with van der Waals surface area (Å²) in [4.78, 5) is 37.9. The Bertz CT molecular complexity index is 1440. The summed E-state index contributed by atoms with van der Waals surface area (Å²) >= 11 is 0. The van der Waals surface area contributed by atoms with E-state index in [4.69, 9.17) is 5.73 Å². The summed E-state index contributed by atoms with van der Waals surface area (Å²) in [5.41, 5.74) is 9.11. The van der Waals surface area contributed by atoms with Gasteiger partial charge in [-0.1, -0.05) is 58.4 Å². The van der Waals surface area contributed by atoms with Gasteiger partial charge in [-0.05, 0) is 134 Å². The number of nitrogens with zero attached hydrogens (tertiary/aromatic N) is 1. The quantitative estimate of drug-likeness (QED) is 0.205. The Hall–Kier alpha value is -3.13. The standard InChI is InChI=1S/C38H55N3O5.C3H6/c1-24-27(25-7-9-26(10-8-25)33(44)45)13-17-35(2)28(24)14-18-37(4)31(35)12-11-29-30-6-5-16-38(30,20-19-36(29,37)3)40-34(46)41(23-21-39)22-15-32(42)43;1-3-2/h7-10,13,24,28-31H,5-6,11-12,14-23,39H2,1-4H3,(H,40,46)(H,42,43)(H,44,45);3H,1H2,2H3/t24?,28?,29?,30?,31?,35?,36-,37?,38?;/m1./s1. The van der Waals surface area contributed by atoms with Gasteiger partial charge in [0.15, 0.2) is 0 Å². The van der Waals surface area contributed by atoms with E-state index in [9.17, 15) is 24.6 Å². The van der Waals surface area contributed by atoms with Gasteiger partial charge in [0.25, 0.3) is 0 Å². The molecule has 270 valence electrons. The normalized spacial score (nSPS) is 37.4. The van der Waals surface area contributed by atoms with Crippen LogP contribution in [0.5, 0.6) is 0 Å². The van der Waals surface area contributed by atoms with Crippen molar-refractivity contribution in [3.05, 3.63) is 54.1 Å². The van der Waals surface area contributed by atoms with Gasteiger partial charge < -0.3 is 26.2 Å². The third kappa shape index (κ3) is 6.36. The first-order chi connectivity index (χ1) is 23.2. The van der Waals surface area contributed by atoms with Crippen LogP contribution in [0.25, 0.3) is 5.57 Å². The Morgan fingerprint density at radius 1 is 0.939 bits per heavy atom. The van der Waals surface area contributed by atoms with Gasteiger partial charge in [-0.15, -0.1) is 6.58 Å². The van der Waals surface area contributed by atoms with Crippen molar-refractivity contribution in [3.8, 4) is 0 Å². The maximum atomic E-state index is 13.6. The molecule has 49 heavy (non-hydrogen) atoms. The van der Waals surface area contributed by atoms with E-state index in [1.165, 1.54) is 31.3 Å². The van der Waals surface area contributed by atoms with E-state index in [0.717, 1.165) is 44.1 Å². The van der Waals surface area contributed by atoms with Gasteiger partial charge >= 0.3 is 18.0 Å². The molecule has 4 saturated carbocycles. The van der Waals surface area contributed by atoms with E-state index < -0.39 is 11.9 Å². The number of carbonyl (C=O) groups excluding carboxylic acids is 1. The highest BCUT2D eigenvalue weighted by Crippen LogP contribution is 2.75. The molecule has 0 saturated heterocycles. The zero-order valence-electron chi connectivity index (χ0n) is 30.6. The molecule has 5 N–H and O–H groups in total. The largest absolute Gasteiger partial charge is 0.481 e. The van der Waals surface area contributed by atoms with Crippen LogP contribution in [0.1, 0.15) is 121 Å². The molecule has 0 aliphatic heterocycles. The van der Waals surface area contributed by atoms with Crippen LogP contribution in [-0.2, 0) is 4.79 Å². The van der Waals surface area contributed by atoms with Gasteiger partial charge in [0, 0.05) is 25.2 Å². The van der Waals surface area contributed by atoms with Crippen LogP contribution in [-0.4, -0.2) is 58.3 Å². The molecular formula is C41H61N3O5. The third-order valence-electron chi connectivity index (χ3n) is 14.7. The molecule has 8 heteroatoms. The predicted octanol–water partition coefficient (Wildman–Crippen LogP) is 8.23. The lowest BCUT2D eigenvalue weighted by Gasteiger charge is -2.71. The average Bonchev–Trinajstić information content (AvgIpc) is 3.47. The summed E-state index contributed by atoms with van der Waals surface area (Å²) in [6.45, 7) is 16.3. The average molecular weight is 676 g/mol. The predicted molar refractivity (Wildman–Crippen MR) is 195 cm³/mol. The second kappa shape index (κ2) is 14.2. The second-order valence-corrected chi connectivity index (χ2v) is 16.7. The van der Waals surface area contributed by atoms with Crippen molar-refractivity contribution in [1.29, 1.82) is 0 Å². The highest BCUT2D eigenvalue weighted by molar-refractivity contribution is 5.88. The van der Waals surface area contributed by atoms with Crippen LogP contribution >= 0.6 is 0 Å². The highest BCUT2D eigenvalue weighted by atomic mass is 16.4. The van der Waals surface area contributed by atoms with Crippen molar-refractivity contribution in [2.75, 3.05) is 19.6 Å². The third-order valence-corrected chi connectivity index (χ3v) is 14.7. The van der Waals surface area contributed by atoms with E-state index in [1.54, 1.807) is 23.1 Å². The van der Waals surface area contributed by atoms with Gasteiger partial charge in [-0.3, -0.25) is 4.79 Å². The maximum Gasteiger partial charge on any atom is 0.335 e. The van der Waals surface area contributed by atoms with Crippen LogP contribution in [0.2, 0.25) is 0 Å². The molecule has 0 spiro atoms. The minimum atomic E-state index is -0.901. The molecule has 5 aliphatic rings. The van der Waals surface area contributed by atoms with Crippen LogP contribution < -0.4 is 11.1 Å². The monoisotopic (exact) mass is 675 g/mol. The van der Waals surface area contributed by atoms with Crippen molar-refractivity contribution in [2.24, 2.45) is 51.6 Å². The molecule has 9 atom stereocenters. The maximum absolute atomic E-state index is 13.6. The summed E-state index contributed by atoms with van der Waals surface area (Å²) in [6, 6.07) is 7.30. The first-order valence-electron chi connectivity index (χ1n) is 18.8. The Morgan fingerprint density at radius 3 is 2.27 bits per heavy atom. The second-order valence-electron chi connectivity index (χ2n) is 16.7. The number of hydrogen-bond donors (Lipinski definition) is 4. The van der Waals surface area contributed by atoms with E-state index >= 15 is 0 Å². The number of allylic oxidation sites excluding steroid dienone is 3. The van der Waals surface area contributed by atoms with Crippen molar-refractivity contribution < 1.29 is 24.6 Å². The van der Waals surface area contributed by atoms with E-state index in [2.05, 4.69) is 45.7 Å². The summed E-state index contributed by atoms with van der Waals surface area (Å²) in [5, 5.41) is 22.2. The molecule has 8 unspecified atom stereocenters. The molecule has 0 aromatic heterocycles. The Balaban J connectivity index is 0.00000151. The first-order valence-corrected chi connectivity index (χ1v) is 18.8. The molecule has 0 bridgehead atoms. The smallest absolute Gasteiger partial charge is 0.335 e. The van der Waals surface area contributed by atoms with Crippen molar-refractivity contribution in [1.82, 2.24) is 10.2 Å². The Kier molecular flexibility index (Phi) is 10.8. The summed E-state index contributed by atoms with van der Waals surface area (Å²) in [7, 11) is 0. The van der Waals surface area contributed by atoms with E-state index in [0.29, 0.717) is 48.2 Å². The lowest BCUT2D eigenvalue weighted by atomic mass is 9.34. The number of aromatic carboxylic acids is 1. The summed E-state index contributed by atoms with van der Waals surface area (Å²) in [5.74, 6) is 0.875. The molecule has 0 radical (unpaired) electrons. The van der Waals surface area contributed by atoms with Crippen LogP contribution in [0.3, 0.4) is 0 Å². The number of nitrogens with one attached hydrogen (secondary N) is 1.